The largest absolute Gasteiger partial charge is 0.451 e. The average molecular weight is 315 g/mol. The van der Waals surface area contributed by atoms with Crippen molar-refractivity contribution in [3.63, 3.8) is 0 Å². The summed E-state index contributed by atoms with van der Waals surface area (Å²) < 4.78 is 4.95. The van der Waals surface area contributed by atoms with Gasteiger partial charge in [0, 0.05) is 6.20 Å². The molecular weight excluding hydrogens is 302 g/mol. The van der Waals surface area contributed by atoms with Crippen LogP contribution in [0.2, 0.25) is 0 Å². The number of nitrogens with zero attached hydrogens (tertiary/aromatic N) is 2. The van der Waals surface area contributed by atoms with Gasteiger partial charge in [-0.2, -0.15) is 0 Å². The number of terminal acetylenes is 1. The highest BCUT2D eigenvalue weighted by molar-refractivity contribution is 7.17. The van der Waals surface area contributed by atoms with E-state index < -0.39 is 11.9 Å². The average Bonchev–Trinajstić information content (AvgIpc) is 2.93. The van der Waals surface area contributed by atoms with Crippen LogP contribution in [-0.2, 0) is 9.53 Å². The monoisotopic (exact) mass is 315 g/mol. The summed E-state index contributed by atoms with van der Waals surface area (Å²) in [6.07, 6.45) is 6.67. The first kappa shape index (κ1) is 15.7. The fourth-order valence-corrected chi connectivity index (χ4v) is 2.52. The van der Waals surface area contributed by atoms with E-state index in [4.69, 9.17) is 11.2 Å². The predicted molar refractivity (Wildman–Crippen MR) is 82.2 cm³/mol. The van der Waals surface area contributed by atoms with Gasteiger partial charge in [-0.25, -0.2) is 9.78 Å². The zero-order valence-electron chi connectivity index (χ0n) is 11.8. The van der Waals surface area contributed by atoms with Crippen LogP contribution in [0, 0.1) is 19.3 Å². The number of ether oxygens (including phenoxy) is 1. The SMILES string of the molecule is C#CCNC(=O)COC(=O)c1sc(-c2ccccn2)nc1C. The predicted octanol–water partition coefficient (Wildman–Crippen LogP) is 1.42. The maximum atomic E-state index is 12.0. The van der Waals surface area contributed by atoms with Crippen LogP contribution in [0.4, 0.5) is 0 Å². The van der Waals surface area contributed by atoms with Gasteiger partial charge < -0.3 is 10.1 Å². The fourth-order valence-electron chi connectivity index (χ4n) is 1.58. The Balaban J connectivity index is 2.04. The van der Waals surface area contributed by atoms with Crippen molar-refractivity contribution in [1.82, 2.24) is 15.3 Å². The molecule has 0 aliphatic rings. The molecule has 2 aromatic heterocycles. The molecule has 0 bridgehead atoms. The molecule has 0 spiro atoms. The van der Waals surface area contributed by atoms with E-state index in [1.807, 2.05) is 6.07 Å². The third-order valence-corrected chi connectivity index (χ3v) is 3.75. The Bertz CT molecular complexity index is 719. The highest BCUT2D eigenvalue weighted by Crippen LogP contribution is 2.26. The Morgan fingerprint density at radius 3 is 2.95 bits per heavy atom. The second-order valence-electron chi connectivity index (χ2n) is 4.21. The van der Waals surface area contributed by atoms with E-state index in [0.717, 1.165) is 0 Å². The lowest BCUT2D eigenvalue weighted by molar-refractivity contribution is -0.123. The molecule has 0 aromatic carbocycles. The van der Waals surface area contributed by atoms with E-state index >= 15 is 0 Å². The van der Waals surface area contributed by atoms with Gasteiger partial charge in [0.05, 0.1) is 17.9 Å². The van der Waals surface area contributed by atoms with E-state index in [-0.39, 0.29) is 13.2 Å². The smallest absolute Gasteiger partial charge is 0.350 e. The summed E-state index contributed by atoms with van der Waals surface area (Å²) in [6, 6.07) is 5.45. The van der Waals surface area contributed by atoms with Crippen molar-refractivity contribution >= 4 is 23.2 Å². The molecule has 0 saturated carbocycles. The quantitative estimate of drug-likeness (QED) is 0.666. The van der Waals surface area contributed by atoms with Crippen molar-refractivity contribution in [2.75, 3.05) is 13.2 Å². The van der Waals surface area contributed by atoms with Gasteiger partial charge >= 0.3 is 5.97 Å². The molecule has 2 aromatic rings. The van der Waals surface area contributed by atoms with Crippen LogP contribution in [0.3, 0.4) is 0 Å². The lowest BCUT2D eigenvalue weighted by Crippen LogP contribution is -2.28. The number of aromatic nitrogens is 2. The first-order chi connectivity index (χ1) is 10.6. The van der Waals surface area contributed by atoms with Gasteiger partial charge in [-0.1, -0.05) is 12.0 Å². The molecule has 7 heteroatoms. The Hall–Kier alpha value is -2.72. The summed E-state index contributed by atoms with van der Waals surface area (Å²) in [5.74, 6) is 1.23. The molecule has 0 saturated heterocycles. The molecule has 1 N–H and O–H groups in total. The number of pyridine rings is 1. The number of esters is 1. The molecule has 6 nitrogen and oxygen atoms in total. The summed E-state index contributed by atoms with van der Waals surface area (Å²) in [4.78, 5) is 32.2. The van der Waals surface area contributed by atoms with Crippen LogP contribution >= 0.6 is 11.3 Å². The summed E-state index contributed by atoms with van der Waals surface area (Å²) in [5.41, 5.74) is 1.22. The van der Waals surface area contributed by atoms with Crippen LogP contribution in [0.5, 0.6) is 0 Å². The van der Waals surface area contributed by atoms with Gasteiger partial charge in [0.2, 0.25) is 0 Å². The molecule has 0 unspecified atom stereocenters. The fraction of sp³-hybridized carbons (Fsp3) is 0.200. The normalized spacial score (nSPS) is 9.82. The second-order valence-corrected chi connectivity index (χ2v) is 5.20. The number of hydrogen-bond donors (Lipinski definition) is 1. The number of amides is 1. The van der Waals surface area contributed by atoms with Crippen LogP contribution < -0.4 is 5.32 Å². The molecule has 2 rings (SSSR count). The maximum absolute atomic E-state index is 12.0. The standard InChI is InChI=1S/C15H13N3O3S/c1-3-7-17-12(19)9-21-15(20)13-10(2)18-14(22-13)11-6-4-5-8-16-11/h1,4-6,8H,7,9H2,2H3,(H,17,19). The first-order valence-electron chi connectivity index (χ1n) is 6.38. The van der Waals surface area contributed by atoms with Gasteiger partial charge in [-0.3, -0.25) is 9.78 Å². The van der Waals surface area contributed by atoms with Gasteiger partial charge in [-0.15, -0.1) is 17.8 Å². The van der Waals surface area contributed by atoms with E-state index in [1.165, 1.54) is 11.3 Å². The van der Waals surface area contributed by atoms with Gasteiger partial charge in [0.15, 0.2) is 6.61 Å². The van der Waals surface area contributed by atoms with Crippen LogP contribution in [-0.4, -0.2) is 35.0 Å². The molecule has 0 fully saturated rings. The summed E-state index contributed by atoms with van der Waals surface area (Å²) in [5, 5.41) is 3.04. The summed E-state index contributed by atoms with van der Waals surface area (Å²) in [6.45, 7) is 1.43. The van der Waals surface area contributed by atoms with Crippen LogP contribution in [0.1, 0.15) is 15.4 Å². The minimum absolute atomic E-state index is 0.0970. The molecule has 0 aliphatic heterocycles. The summed E-state index contributed by atoms with van der Waals surface area (Å²) >= 11 is 1.18. The number of nitrogens with one attached hydrogen (secondary N) is 1. The minimum Gasteiger partial charge on any atom is -0.451 e. The topological polar surface area (TPSA) is 81.2 Å². The van der Waals surface area contributed by atoms with Gasteiger partial charge in [0.25, 0.3) is 5.91 Å². The molecule has 0 atom stereocenters. The number of thiazole rings is 1. The Morgan fingerprint density at radius 2 is 2.27 bits per heavy atom. The Kier molecular flexibility index (Phi) is 5.22. The van der Waals surface area contributed by atoms with Crippen molar-refractivity contribution in [3.05, 3.63) is 35.0 Å². The molecule has 0 aliphatic carbocycles. The van der Waals surface area contributed by atoms with Crippen LogP contribution in [0.25, 0.3) is 10.7 Å². The first-order valence-corrected chi connectivity index (χ1v) is 7.19. The lowest BCUT2D eigenvalue weighted by atomic mass is 10.3. The van der Waals surface area contributed by atoms with Crippen molar-refractivity contribution in [3.8, 4) is 23.0 Å². The number of hydrogen-bond acceptors (Lipinski definition) is 6. The third kappa shape index (κ3) is 3.90. The lowest BCUT2D eigenvalue weighted by Gasteiger charge is -2.03. The number of carbonyl (C=O) groups excluding carboxylic acids is 2. The summed E-state index contributed by atoms with van der Waals surface area (Å²) in [7, 11) is 0. The van der Waals surface area contributed by atoms with Crippen molar-refractivity contribution in [1.29, 1.82) is 0 Å². The Labute approximate surface area is 131 Å². The van der Waals surface area contributed by atoms with Crippen molar-refractivity contribution in [2.24, 2.45) is 0 Å². The minimum atomic E-state index is -0.590. The molecule has 1 amide bonds. The third-order valence-electron chi connectivity index (χ3n) is 2.59. The molecule has 22 heavy (non-hydrogen) atoms. The zero-order chi connectivity index (χ0) is 15.9. The number of carbonyl (C=O) groups is 2. The number of rotatable bonds is 5. The van der Waals surface area contributed by atoms with Gasteiger partial charge in [0.1, 0.15) is 9.88 Å². The van der Waals surface area contributed by atoms with E-state index in [1.54, 1.807) is 25.3 Å². The maximum Gasteiger partial charge on any atom is 0.350 e. The number of aryl methyl sites for hydroxylation is 1. The molecule has 2 heterocycles. The van der Waals surface area contributed by atoms with E-state index in [2.05, 4.69) is 21.2 Å². The van der Waals surface area contributed by atoms with E-state index in [0.29, 0.717) is 21.3 Å². The second kappa shape index (κ2) is 7.33. The molecular formula is C15H13N3O3S. The zero-order valence-corrected chi connectivity index (χ0v) is 12.6. The van der Waals surface area contributed by atoms with E-state index in [9.17, 15) is 9.59 Å². The highest BCUT2D eigenvalue weighted by Gasteiger charge is 2.18. The van der Waals surface area contributed by atoms with Crippen LogP contribution in [0.15, 0.2) is 24.4 Å². The highest BCUT2D eigenvalue weighted by atomic mass is 32.1. The Morgan fingerprint density at radius 1 is 1.45 bits per heavy atom. The van der Waals surface area contributed by atoms with Crippen molar-refractivity contribution < 1.29 is 14.3 Å². The molecule has 0 radical (unpaired) electrons. The molecule has 112 valence electrons. The van der Waals surface area contributed by atoms with Crippen molar-refractivity contribution in [2.45, 2.75) is 6.92 Å². The van der Waals surface area contributed by atoms with Gasteiger partial charge in [-0.05, 0) is 19.1 Å².